The summed E-state index contributed by atoms with van der Waals surface area (Å²) in [5, 5.41) is 3.29. The number of halogens is 1. The molecule has 0 aliphatic heterocycles. The Morgan fingerprint density at radius 2 is 2.00 bits per heavy atom. The van der Waals surface area contributed by atoms with Crippen LogP contribution in [-0.4, -0.2) is 17.0 Å². The van der Waals surface area contributed by atoms with E-state index in [0.717, 1.165) is 12.1 Å². The van der Waals surface area contributed by atoms with Crippen molar-refractivity contribution in [3.63, 3.8) is 0 Å². The zero-order valence-corrected chi connectivity index (χ0v) is 9.70. The second-order valence-corrected chi connectivity index (χ2v) is 3.77. The molecule has 0 atom stereocenters. The monoisotopic (exact) mass is 233 g/mol. The summed E-state index contributed by atoms with van der Waals surface area (Å²) >= 11 is 5.96. The van der Waals surface area contributed by atoms with Crippen LogP contribution in [0.25, 0.3) is 0 Å². The number of hydrogen-bond acceptors (Lipinski definition) is 3. The van der Waals surface area contributed by atoms with Crippen LogP contribution in [0.5, 0.6) is 0 Å². The van der Waals surface area contributed by atoms with Gasteiger partial charge in [-0.1, -0.05) is 41.9 Å². The summed E-state index contributed by atoms with van der Waals surface area (Å²) in [5.41, 5.74) is 2.07. The number of nitrogens with zero attached hydrogens (tertiary/aromatic N) is 2. The smallest absolute Gasteiger partial charge is 0.171 e. The number of benzene rings is 1. The molecular formula is C12H12ClN3. The molecule has 0 amide bonds. The highest BCUT2D eigenvalue weighted by atomic mass is 35.5. The van der Waals surface area contributed by atoms with Gasteiger partial charge in [0.2, 0.25) is 0 Å². The molecule has 4 heteroatoms. The molecule has 1 heterocycles. The summed E-state index contributed by atoms with van der Waals surface area (Å²) in [5.74, 6) is 0.610. The maximum Gasteiger partial charge on any atom is 0.171 e. The largest absolute Gasteiger partial charge is 0.371 e. The van der Waals surface area contributed by atoms with E-state index < -0.39 is 0 Å². The van der Waals surface area contributed by atoms with Gasteiger partial charge in [0.05, 0.1) is 11.9 Å². The van der Waals surface area contributed by atoms with Crippen molar-refractivity contribution in [1.82, 2.24) is 9.97 Å². The van der Waals surface area contributed by atoms with E-state index >= 15 is 0 Å². The summed E-state index contributed by atoms with van der Waals surface area (Å²) in [6, 6.07) is 10.1. The SMILES string of the molecule is CNc1ncc(Cc2ccccc2)nc1Cl. The Hall–Kier alpha value is -1.61. The molecule has 0 radical (unpaired) electrons. The number of nitrogens with one attached hydrogen (secondary N) is 1. The Balaban J connectivity index is 2.20. The average Bonchev–Trinajstić information content (AvgIpc) is 2.31. The summed E-state index contributed by atoms with van der Waals surface area (Å²) in [6.07, 6.45) is 2.49. The van der Waals surface area contributed by atoms with Gasteiger partial charge in [-0.3, -0.25) is 0 Å². The van der Waals surface area contributed by atoms with Crippen LogP contribution in [0.15, 0.2) is 36.5 Å². The molecule has 0 saturated heterocycles. The molecular weight excluding hydrogens is 222 g/mol. The van der Waals surface area contributed by atoms with E-state index in [4.69, 9.17) is 11.6 Å². The predicted octanol–water partition coefficient (Wildman–Crippen LogP) is 2.76. The number of rotatable bonds is 3. The number of aromatic nitrogens is 2. The number of anilines is 1. The molecule has 0 aliphatic carbocycles. The van der Waals surface area contributed by atoms with Gasteiger partial charge in [-0.2, -0.15) is 0 Å². The highest BCUT2D eigenvalue weighted by Crippen LogP contribution is 2.16. The molecule has 1 aromatic carbocycles. The van der Waals surface area contributed by atoms with Gasteiger partial charge in [0.1, 0.15) is 0 Å². The lowest BCUT2D eigenvalue weighted by molar-refractivity contribution is 1.03. The first kappa shape index (κ1) is 10.9. The lowest BCUT2D eigenvalue weighted by atomic mass is 10.1. The molecule has 2 aromatic rings. The fraction of sp³-hybridized carbons (Fsp3) is 0.167. The zero-order valence-electron chi connectivity index (χ0n) is 8.94. The Labute approximate surface area is 99.5 Å². The van der Waals surface area contributed by atoms with Gasteiger partial charge >= 0.3 is 0 Å². The van der Waals surface area contributed by atoms with Crippen molar-refractivity contribution in [3.05, 3.63) is 52.9 Å². The first-order valence-electron chi connectivity index (χ1n) is 5.02. The van der Waals surface area contributed by atoms with Crippen molar-refractivity contribution in [2.75, 3.05) is 12.4 Å². The van der Waals surface area contributed by atoms with Crippen LogP contribution >= 0.6 is 11.6 Å². The Bertz CT molecular complexity index is 471. The third-order valence-electron chi connectivity index (χ3n) is 2.24. The van der Waals surface area contributed by atoms with Crippen LogP contribution < -0.4 is 5.32 Å². The van der Waals surface area contributed by atoms with Crippen LogP contribution in [-0.2, 0) is 6.42 Å². The minimum Gasteiger partial charge on any atom is -0.371 e. The molecule has 3 nitrogen and oxygen atoms in total. The molecule has 0 fully saturated rings. The van der Waals surface area contributed by atoms with Crippen molar-refractivity contribution in [3.8, 4) is 0 Å². The van der Waals surface area contributed by atoms with E-state index in [1.807, 2.05) is 18.2 Å². The third kappa shape index (κ3) is 2.49. The van der Waals surface area contributed by atoms with Crippen LogP contribution in [0, 0.1) is 0 Å². The molecule has 82 valence electrons. The van der Waals surface area contributed by atoms with E-state index in [2.05, 4.69) is 27.4 Å². The minimum absolute atomic E-state index is 0.413. The summed E-state index contributed by atoms with van der Waals surface area (Å²) < 4.78 is 0. The average molecular weight is 234 g/mol. The van der Waals surface area contributed by atoms with Crippen LogP contribution in [0.3, 0.4) is 0 Å². The van der Waals surface area contributed by atoms with Gasteiger partial charge in [0.15, 0.2) is 11.0 Å². The van der Waals surface area contributed by atoms with E-state index in [0.29, 0.717) is 11.0 Å². The maximum absolute atomic E-state index is 5.96. The number of hydrogen-bond donors (Lipinski definition) is 1. The molecule has 0 saturated carbocycles. The second kappa shape index (κ2) is 4.94. The minimum atomic E-state index is 0.413. The summed E-state index contributed by atoms with van der Waals surface area (Å²) in [4.78, 5) is 8.47. The van der Waals surface area contributed by atoms with Gasteiger partial charge in [0, 0.05) is 13.5 Å². The lowest BCUT2D eigenvalue weighted by Gasteiger charge is -2.04. The normalized spacial score (nSPS) is 10.1. The molecule has 1 aromatic heterocycles. The van der Waals surface area contributed by atoms with Crippen molar-refractivity contribution < 1.29 is 0 Å². The Morgan fingerprint density at radius 1 is 1.25 bits per heavy atom. The predicted molar refractivity (Wildman–Crippen MR) is 65.8 cm³/mol. The van der Waals surface area contributed by atoms with Crippen molar-refractivity contribution >= 4 is 17.4 Å². The summed E-state index contributed by atoms with van der Waals surface area (Å²) in [6.45, 7) is 0. The molecule has 2 rings (SSSR count). The van der Waals surface area contributed by atoms with Crippen molar-refractivity contribution in [2.45, 2.75) is 6.42 Å². The molecule has 0 aliphatic rings. The van der Waals surface area contributed by atoms with Gasteiger partial charge in [-0.15, -0.1) is 0 Å². The second-order valence-electron chi connectivity index (χ2n) is 3.41. The third-order valence-corrected chi connectivity index (χ3v) is 2.51. The molecule has 0 unspecified atom stereocenters. The zero-order chi connectivity index (χ0) is 11.4. The Kier molecular flexibility index (Phi) is 3.37. The lowest BCUT2D eigenvalue weighted by Crippen LogP contribution is -1.99. The standard InChI is InChI=1S/C12H12ClN3/c1-14-12-11(13)16-10(8-15-12)7-9-5-3-2-4-6-9/h2-6,8H,7H2,1H3,(H,14,15). The van der Waals surface area contributed by atoms with Crippen molar-refractivity contribution in [1.29, 1.82) is 0 Å². The Morgan fingerprint density at radius 3 is 2.62 bits per heavy atom. The van der Waals surface area contributed by atoms with Gasteiger partial charge in [-0.25, -0.2) is 9.97 Å². The van der Waals surface area contributed by atoms with Crippen molar-refractivity contribution in [2.24, 2.45) is 0 Å². The molecule has 1 N–H and O–H groups in total. The molecule has 0 bridgehead atoms. The topological polar surface area (TPSA) is 37.8 Å². The van der Waals surface area contributed by atoms with Gasteiger partial charge < -0.3 is 5.32 Å². The van der Waals surface area contributed by atoms with Crippen LogP contribution in [0.2, 0.25) is 5.15 Å². The first-order chi connectivity index (χ1) is 7.79. The highest BCUT2D eigenvalue weighted by molar-refractivity contribution is 6.31. The fourth-order valence-corrected chi connectivity index (χ4v) is 1.71. The first-order valence-corrected chi connectivity index (χ1v) is 5.40. The fourth-order valence-electron chi connectivity index (χ4n) is 1.46. The maximum atomic E-state index is 5.96. The highest BCUT2D eigenvalue weighted by Gasteiger charge is 2.04. The van der Waals surface area contributed by atoms with E-state index in [1.165, 1.54) is 5.56 Å². The summed E-state index contributed by atoms with van der Waals surface area (Å²) in [7, 11) is 1.77. The molecule has 16 heavy (non-hydrogen) atoms. The van der Waals surface area contributed by atoms with Crippen LogP contribution in [0.4, 0.5) is 5.82 Å². The van der Waals surface area contributed by atoms with E-state index in [1.54, 1.807) is 13.2 Å². The quantitative estimate of drug-likeness (QED) is 0.886. The van der Waals surface area contributed by atoms with Crippen LogP contribution in [0.1, 0.15) is 11.3 Å². The van der Waals surface area contributed by atoms with E-state index in [9.17, 15) is 0 Å². The molecule has 0 spiro atoms. The van der Waals surface area contributed by atoms with Gasteiger partial charge in [-0.05, 0) is 5.56 Å². The van der Waals surface area contributed by atoms with Gasteiger partial charge in [0.25, 0.3) is 0 Å². The van der Waals surface area contributed by atoms with E-state index in [-0.39, 0.29) is 0 Å².